The number of anilines is 1. The molecule has 0 aromatic heterocycles. The molecule has 2 rings (SSSR count). The molecule has 2 aromatic carbocycles. The standard InChI is InChI=1S/C18H20N2O3/c1-22-17-9-8-14(18(21)23-2)10-16(17)20-12-15(11-19)13-6-4-3-5-7-13/h3-11,15,19-20H,12H2,1-2H3. The lowest BCUT2D eigenvalue weighted by Gasteiger charge is -2.16. The second kappa shape index (κ2) is 7.98. The third kappa shape index (κ3) is 4.10. The van der Waals surface area contributed by atoms with Gasteiger partial charge >= 0.3 is 5.97 Å². The predicted molar refractivity (Wildman–Crippen MR) is 90.8 cm³/mol. The van der Waals surface area contributed by atoms with E-state index in [-0.39, 0.29) is 5.92 Å². The summed E-state index contributed by atoms with van der Waals surface area (Å²) in [4.78, 5) is 11.7. The summed E-state index contributed by atoms with van der Waals surface area (Å²) in [6.07, 6.45) is 1.40. The molecule has 0 bridgehead atoms. The first-order valence-corrected chi connectivity index (χ1v) is 7.25. The van der Waals surface area contributed by atoms with Crippen LogP contribution >= 0.6 is 0 Å². The number of rotatable bonds is 7. The number of nitrogens with one attached hydrogen (secondary N) is 2. The van der Waals surface area contributed by atoms with Crippen molar-refractivity contribution in [3.63, 3.8) is 0 Å². The molecule has 2 aromatic rings. The van der Waals surface area contributed by atoms with Crippen LogP contribution in [0.1, 0.15) is 21.8 Å². The predicted octanol–water partition coefficient (Wildman–Crippen LogP) is 3.33. The van der Waals surface area contributed by atoms with Crippen molar-refractivity contribution in [2.24, 2.45) is 0 Å². The average Bonchev–Trinajstić information content (AvgIpc) is 2.62. The fourth-order valence-corrected chi connectivity index (χ4v) is 2.28. The molecule has 0 amide bonds. The van der Waals surface area contributed by atoms with Gasteiger partial charge in [0.25, 0.3) is 0 Å². The number of benzene rings is 2. The maximum Gasteiger partial charge on any atom is 0.337 e. The number of esters is 1. The van der Waals surface area contributed by atoms with Gasteiger partial charge in [0.2, 0.25) is 0 Å². The number of carbonyl (C=O) groups excluding carboxylic acids is 1. The summed E-state index contributed by atoms with van der Waals surface area (Å²) < 4.78 is 10.1. The van der Waals surface area contributed by atoms with E-state index in [1.807, 2.05) is 30.3 Å². The summed E-state index contributed by atoms with van der Waals surface area (Å²) in [6.45, 7) is 0.522. The van der Waals surface area contributed by atoms with Crippen LogP contribution in [0.3, 0.4) is 0 Å². The van der Waals surface area contributed by atoms with Gasteiger partial charge in [0.05, 0.1) is 25.5 Å². The molecule has 5 nitrogen and oxygen atoms in total. The molecule has 0 aliphatic carbocycles. The summed E-state index contributed by atoms with van der Waals surface area (Å²) in [5, 5.41) is 10.9. The maximum atomic E-state index is 11.7. The Balaban J connectivity index is 2.18. The van der Waals surface area contributed by atoms with Crippen molar-refractivity contribution in [3.05, 3.63) is 59.7 Å². The zero-order valence-corrected chi connectivity index (χ0v) is 13.2. The second-order valence-corrected chi connectivity index (χ2v) is 4.97. The first-order valence-electron chi connectivity index (χ1n) is 7.25. The zero-order valence-electron chi connectivity index (χ0n) is 13.2. The lowest BCUT2D eigenvalue weighted by molar-refractivity contribution is 0.0601. The van der Waals surface area contributed by atoms with Crippen LogP contribution in [-0.2, 0) is 4.74 Å². The topological polar surface area (TPSA) is 71.4 Å². The van der Waals surface area contributed by atoms with Gasteiger partial charge in [-0.25, -0.2) is 4.79 Å². The molecular weight excluding hydrogens is 292 g/mol. The number of hydrogen-bond acceptors (Lipinski definition) is 5. The van der Waals surface area contributed by atoms with E-state index in [2.05, 4.69) is 5.32 Å². The monoisotopic (exact) mass is 312 g/mol. The molecule has 2 N–H and O–H groups in total. The van der Waals surface area contributed by atoms with Crippen LogP contribution in [0.25, 0.3) is 0 Å². The molecule has 0 heterocycles. The summed E-state index contributed by atoms with van der Waals surface area (Å²) in [6, 6.07) is 14.9. The van der Waals surface area contributed by atoms with Crippen LogP contribution < -0.4 is 10.1 Å². The van der Waals surface area contributed by atoms with Gasteiger partial charge in [-0.05, 0) is 23.8 Å². The molecule has 0 saturated carbocycles. The van der Waals surface area contributed by atoms with Crippen molar-refractivity contribution in [3.8, 4) is 5.75 Å². The Hall–Kier alpha value is -2.82. The van der Waals surface area contributed by atoms with Gasteiger partial charge in [0.15, 0.2) is 0 Å². The highest BCUT2D eigenvalue weighted by atomic mass is 16.5. The summed E-state index contributed by atoms with van der Waals surface area (Å²) in [7, 11) is 2.92. The minimum Gasteiger partial charge on any atom is -0.495 e. The summed E-state index contributed by atoms with van der Waals surface area (Å²) in [5.74, 6) is 0.166. The van der Waals surface area contributed by atoms with E-state index in [1.165, 1.54) is 13.3 Å². The number of hydrogen-bond donors (Lipinski definition) is 2. The van der Waals surface area contributed by atoms with Gasteiger partial charge in [-0.15, -0.1) is 0 Å². The molecule has 0 aliphatic heterocycles. The molecular formula is C18H20N2O3. The Morgan fingerprint density at radius 1 is 1.22 bits per heavy atom. The van der Waals surface area contributed by atoms with Gasteiger partial charge in [-0.3, -0.25) is 0 Å². The molecule has 5 heteroatoms. The molecule has 0 fully saturated rings. The van der Waals surface area contributed by atoms with Crippen molar-refractivity contribution < 1.29 is 14.3 Å². The molecule has 1 unspecified atom stereocenters. The molecule has 0 radical (unpaired) electrons. The third-order valence-electron chi connectivity index (χ3n) is 3.56. The van der Waals surface area contributed by atoms with Crippen molar-refractivity contribution in [1.29, 1.82) is 5.41 Å². The largest absolute Gasteiger partial charge is 0.495 e. The van der Waals surface area contributed by atoms with Crippen LogP contribution in [0.2, 0.25) is 0 Å². The minimum absolute atomic E-state index is 0.0670. The highest BCUT2D eigenvalue weighted by Gasteiger charge is 2.13. The van der Waals surface area contributed by atoms with E-state index in [0.717, 1.165) is 5.56 Å². The quantitative estimate of drug-likeness (QED) is 0.607. The lowest BCUT2D eigenvalue weighted by Crippen LogP contribution is -2.14. The molecule has 0 aliphatic rings. The van der Waals surface area contributed by atoms with Crippen molar-refractivity contribution in [2.75, 3.05) is 26.1 Å². The fourth-order valence-electron chi connectivity index (χ4n) is 2.28. The van der Waals surface area contributed by atoms with E-state index >= 15 is 0 Å². The van der Waals surface area contributed by atoms with Crippen molar-refractivity contribution >= 4 is 17.9 Å². The Kier molecular flexibility index (Phi) is 5.74. The molecule has 120 valence electrons. The molecule has 1 atom stereocenters. The van der Waals surface area contributed by atoms with Gasteiger partial charge in [-0.2, -0.15) is 0 Å². The summed E-state index contributed by atoms with van der Waals surface area (Å²) >= 11 is 0. The van der Waals surface area contributed by atoms with Crippen LogP contribution in [0.15, 0.2) is 48.5 Å². The maximum absolute atomic E-state index is 11.7. The molecule has 0 saturated heterocycles. The highest BCUT2D eigenvalue weighted by Crippen LogP contribution is 2.27. The number of ether oxygens (including phenoxy) is 2. The molecule has 0 spiro atoms. The Bertz CT molecular complexity index is 671. The normalized spacial score (nSPS) is 11.4. The van der Waals surface area contributed by atoms with Crippen molar-refractivity contribution in [2.45, 2.75) is 5.92 Å². The number of carbonyl (C=O) groups is 1. The van der Waals surface area contributed by atoms with E-state index in [9.17, 15) is 4.79 Å². The minimum atomic E-state index is -0.401. The third-order valence-corrected chi connectivity index (χ3v) is 3.56. The first kappa shape index (κ1) is 16.5. The smallest absolute Gasteiger partial charge is 0.337 e. The number of methoxy groups -OCH3 is 2. The fraction of sp³-hybridized carbons (Fsp3) is 0.222. The Morgan fingerprint density at radius 2 is 1.96 bits per heavy atom. The van der Waals surface area contributed by atoms with Crippen LogP contribution in [0, 0.1) is 5.41 Å². The van der Waals surface area contributed by atoms with Crippen LogP contribution in [0.5, 0.6) is 5.75 Å². The second-order valence-electron chi connectivity index (χ2n) is 4.97. The average molecular weight is 312 g/mol. The van der Waals surface area contributed by atoms with E-state index in [1.54, 1.807) is 25.3 Å². The molecule has 23 heavy (non-hydrogen) atoms. The SMILES string of the molecule is COC(=O)c1ccc(OC)c(NCC(C=N)c2ccccc2)c1. The van der Waals surface area contributed by atoms with E-state index < -0.39 is 5.97 Å². The highest BCUT2D eigenvalue weighted by molar-refractivity contribution is 5.91. The van der Waals surface area contributed by atoms with Gasteiger partial charge in [0.1, 0.15) is 5.75 Å². The first-order chi connectivity index (χ1) is 11.2. The van der Waals surface area contributed by atoms with Crippen LogP contribution in [0.4, 0.5) is 5.69 Å². The van der Waals surface area contributed by atoms with Gasteiger partial charge < -0.3 is 20.2 Å². The van der Waals surface area contributed by atoms with Gasteiger partial charge in [-0.1, -0.05) is 30.3 Å². The summed E-state index contributed by atoms with van der Waals surface area (Å²) in [5.41, 5.74) is 2.19. The lowest BCUT2D eigenvalue weighted by atomic mass is 10.0. The van der Waals surface area contributed by atoms with Crippen molar-refractivity contribution in [1.82, 2.24) is 0 Å². The van der Waals surface area contributed by atoms with E-state index in [0.29, 0.717) is 23.5 Å². The van der Waals surface area contributed by atoms with Crippen LogP contribution in [-0.4, -0.2) is 32.9 Å². The van der Waals surface area contributed by atoms with Gasteiger partial charge in [0, 0.05) is 18.7 Å². The van der Waals surface area contributed by atoms with E-state index in [4.69, 9.17) is 14.9 Å². The zero-order chi connectivity index (χ0) is 16.7. The Morgan fingerprint density at radius 3 is 2.57 bits per heavy atom. The Labute approximate surface area is 135 Å².